The van der Waals surface area contributed by atoms with Gasteiger partial charge in [0.05, 0.1) is 5.69 Å². The molecule has 1 heterocycles. The van der Waals surface area contributed by atoms with Gasteiger partial charge in [-0.1, -0.05) is 0 Å². The third-order valence-electron chi connectivity index (χ3n) is 0.732. The molecule has 0 radical (unpaired) electrons. The molecule has 0 saturated carbocycles. The van der Waals surface area contributed by atoms with Crippen LogP contribution in [0.3, 0.4) is 0 Å². The Morgan fingerprint density at radius 2 is 2.12 bits per heavy atom. The topological polar surface area (TPSA) is 65.2 Å². The Labute approximate surface area is 51.2 Å². The highest BCUT2D eigenvalue weighted by Crippen LogP contribution is 2.23. The molecule has 44 valence electrons. The van der Waals surface area contributed by atoms with E-state index in [1.807, 2.05) is 0 Å². The average molecular weight is 133 g/mol. The molecule has 3 nitrogen and oxygen atoms in total. The lowest BCUT2D eigenvalue weighted by Gasteiger charge is -1.77. The summed E-state index contributed by atoms with van der Waals surface area (Å²) in [6.45, 7) is 0. The summed E-state index contributed by atoms with van der Waals surface area (Å²) in [5.74, 6) is 0.243. The third-order valence-corrected chi connectivity index (χ3v) is 1.03. The molecule has 0 bridgehead atoms. The number of halogens is 1. The summed E-state index contributed by atoms with van der Waals surface area (Å²) in [7, 11) is 0. The highest BCUT2D eigenvalue weighted by molar-refractivity contribution is 6.31. The van der Waals surface area contributed by atoms with Crippen molar-refractivity contribution in [1.82, 2.24) is 0 Å². The van der Waals surface area contributed by atoms with Crippen LogP contribution in [0.25, 0.3) is 0 Å². The number of furan rings is 1. The standard InChI is InChI=1S/C4H5ClN2O/c5-4-2(6)1-3(7)8-4/h1H,6-7H2. The Kier molecular flexibility index (Phi) is 1.06. The van der Waals surface area contributed by atoms with Crippen LogP contribution in [0.5, 0.6) is 0 Å². The van der Waals surface area contributed by atoms with Gasteiger partial charge in [-0.3, -0.25) is 0 Å². The fourth-order valence-electron chi connectivity index (χ4n) is 0.402. The molecule has 4 N–H and O–H groups in total. The minimum atomic E-state index is 0.155. The lowest BCUT2D eigenvalue weighted by atomic mass is 10.5. The number of anilines is 2. The zero-order valence-corrected chi connectivity index (χ0v) is 4.77. The van der Waals surface area contributed by atoms with Gasteiger partial charge in [-0.25, -0.2) is 0 Å². The quantitative estimate of drug-likeness (QED) is 0.556. The summed E-state index contributed by atoms with van der Waals surface area (Å²) in [6.07, 6.45) is 0. The monoisotopic (exact) mass is 132 g/mol. The highest BCUT2D eigenvalue weighted by Gasteiger charge is 1.99. The molecule has 0 saturated heterocycles. The van der Waals surface area contributed by atoms with Gasteiger partial charge in [0.25, 0.3) is 0 Å². The van der Waals surface area contributed by atoms with Gasteiger partial charge in [0.2, 0.25) is 5.22 Å². The third kappa shape index (κ3) is 0.721. The predicted octanol–water partition coefficient (Wildman–Crippen LogP) is 1.10. The van der Waals surface area contributed by atoms with Crippen molar-refractivity contribution in [3.63, 3.8) is 0 Å². The van der Waals surface area contributed by atoms with Crippen LogP contribution in [0.15, 0.2) is 10.5 Å². The molecular weight excluding hydrogens is 128 g/mol. The largest absolute Gasteiger partial charge is 0.427 e. The summed E-state index contributed by atoms with van der Waals surface area (Å²) in [5.41, 5.74) is 10.8. The maximum Gasteiger partial charge on any atom is 0.218 e. The first-order valence-corrected chi connectivity index (χ1v) is 2.38. The van der Waals surface area contributed by atoms with Crippen molar-refractivity contribution in [2.75, 3.05) is 11.5 Å². The van der Waals surface area contributed by atoms with Crippen LogP contribution >= 0.6 is 11.6 Å². The second-order valence-corrected chi connectivity index (χ2v) is 1.72. The predicted molar refractivity (Wildman–Crippen MR) is 32.5 cm³/mol. The van der Waals surface area contributed by atoms with Crippen LogP contribution in [0.2, 0.25) is 5.22 Å². The summed E-state index contributed by atoms with van der Waals surface area (Å²) in [6, 6.07) is 1.46. The average Bonchev–Trinajstić information content (AvgIpc) is 1.85. The molecule has 0 aliphatic heterocycles. The lowest BCUT2D eigenvalue weighted by molar-refractivity contribution is 0.591. The molecule has 4 heteroatoms. The Morgan fingerprint density at radius 3 is 2.25 bits per heavy atom. The van der Waals surface area contributed by atoms with Crippen molar-refractivity contribution < 1.29 is 4.42 Å². The van der Waals surface area contributed by atoms with Crippen molar-refractivity contribution in [2.24, 2.45) is 0 Å². The molecule has 0 amide bonds. The van der Waals surface area contributed by atoms with Gasteiger partial charge in [-0.15, -0.1) is 0 Å². The maximum absolute atomic E-state index is 5.36. The van der Waals surface area contributed by atoms with Crippen LogP contribution in [0, 0.1) is 0 Å². The minimum absolute atomic E-state index is 0.155. The van der Waals surface area contributed by atoms with Gasteiger partial charge in [0.1, 0.15) is 0 Å². The van der Waals surface area contributed by atoms with E-state index >= 15 is 0 Å². The second kappa shape index (κ2) is 1.59. The molecule has 1 rings (SSSR count). The van der Waals surface area contributed by atoms with Crippen LogP contribution in [-0.4, -0.2) is 0 Å². The van der Waals surface area contributed by atoms with E-state index in [4.69, 9.17) is 23.1 Å². The van der Waals surface area contributed by atoms with Crippen molar-refractivity contribution in [3.05, 3.63) is 11.3 Å². The Balaban J connectivity index is 3.14. The van der Waals surface area contributed by atoms with E-state index < -0.39 is 0 Å². The molecule has 1 aromatic heterocycles. The van der Waals surface area contributed by atoms with E-state index in [0.29, 0.717) is 5.69 Å². The second-order valence-electron chi connectivity index (χ2n) is 1.38. The maximum atomic E-state index is 5.36. The molecule has 1 aromatic rings. The van der Waals surface area contributed by atoms with Crippen molar-refractivity contribution in [3.8, 4) is 0 Å². The van der Waals surface area contributed by atoms with Gasteiger partial charge >= 0.3 is 0 Å². The van der Waals surface area contributed by atoms with E-state index in [1.165, 1.54) is 6.07 Å². The van der Waals surface area contributed by atoms with Gasteiger partial charge in [-0.2, -0.15) is 0 Å². The number of nitrogens with two attached hydrogens (primary N) is 2. The van der Waals surface area contributed by atoms with Gasteiger partial charge < -0.3 is 15.9 Å². The molecule has 0 fully saturated rings. The van der Waals surface area contributed by atoms with Gasteiger partial charge in [-0.05, 0) is 11.6 Å². The molecule has 0 aliphatic rings. The van der Waals surface area contributed by atoms with E-state index in [-0.39, 0.29) is 11.1 Å². The Morgan fingerprint density at radius 1 is 1.50 bits per heavy atom. The van der Waals surface area contributed by atoms with Gasteiger partial charge in [0.15, 0.2) is 5.88 Å². The normalized spacial score (nSPS) is 9.62. The summed E-state index contributed by atoms with van der Waals surface area (Å²) < 4.78 is 4.63. The van der Waals surface area contributed by atoms with Crippen molar-refractivity contribution in [2.45, 2.75) is 0 Å². The number of rotatable bonds is 0. The molecule has 0 aromatic carbocycles. The first kappa shape index (κ1) is 5.31. The minimum Gasteiger partial charge on any atom is -0.427 e. The summed E-state index contributed by atoms with van der Waals surface area (Å²) in [4.78, 5) is 0. The fourth-order valence-corrected chi connectivity index (χ4v) is 0.546. The first-order chi connectivity index (χ1) is 3.70. The van der Waals surface area contributed by atoms with Crippen LogP contribution < -0.4 is 11.5 Å². The smallest absolute Gasteiger partial charge is 0.218 e. The lowest BCUT2D eigenvalue weighted by Crippen LogP contribution is -1.79. The Bertz CT molecular complexity index is 176. The van der Waals surface area contributed by atoms with E-state index in [9.17, 15) is 0 Å². The van der Waals surface area contributed by atoms with E-state index in [0.717, 1.165) is 0 Å². The molecular formula is C4H5ClN2O. The number of hydrogen-bond donors (Lipinski definition) is 2. The molecule has 8 heavy (non-hydrogen) atoms. The number of nitrogen functional groups attached to an aromatic ring is 2. The number of hydrogen-bond acceptors (Lipinski definition) is 3. The van der Waals surface area contributed by atoms with Crippen molar-refractivity contribution >= 4 is 23.2 Å². The zero-order valence-electron chi connectivity index (χ0n) is 4.02. The molecule has 0 atom stereocenters. The Hall–Kier alpha value is -0.830. The summed E-state index contributed by atoms with van der Waals surface area (Å²) >= 11 is 5.36. The van der Waals surface area contributed by atoms with Crippen LogP contribution in [0.1, 0.15) is 0 Å². The SMILES string of the molecule is Nc1cc(N)c(Cl)o1. The van der Waals surface area contributed by atoms with Gasteiger partial charge in [0, 0.05) is 6.07 Å². The van der Waals surface area contributed by atoms with E-state index in [1.54, 1.807) is 0 Å². The first-order valence-electron chi connectivity index (χ1n) is 2.00. The van der Waals surface area contributed by atoms with Crippen LogP contribution in [-0.2, 0) is 0 Å². The van der Waals surface area contributed by atoms with Crippen molar-refractivity contribution in [1.29, 1.82) is 0 Å². The molecule has 0 aliphatic carbocycles. The van der Waals surface area contributed by atoms with Crippen LogP contribution in [0.4, 0.5) is 11.6 Å². The summed E-state index contributed by atoms with van der Waals surface area (Å²) in [5, 5.41) is 0.155. The zero-order chi connectivity index (χ0) is 6.15. The molecule has 0 spiro atoms. The highest BCUT2D eigenvalue weighted by atomic mass is 35.5. The fraction of sp³-hybridized carbons (Fsp3) is 0. The van der Waals surface area contributed by atoms with E-state index in [2.05, 4.69) is 4.42 Å². The molecule has 0 unspecified atom stereocenters.